The number of thiophene rings is 1. The van der Waals surface area contributed by atoms with E-state index >= 15 is 0 Å². The molecule has 1 N–H and O–H groups in total. The van der Waals surface area contributed by atoms with Crippen LogP contribution < -0.4 is 5.32 Å². The molecule has 3 nitrogen and oxygen atoms in total. The maximum atomic E-state index is 4.18. The van der Waals surface area contributed by atoms with Gasteiger partial charge in [0, 0.05) is 28.2 Å². The highest BCUT2D eigenvalue weighted by Gasteiger charge is 2.07. The SMILES string of the molecule is Cc1ccc(C(C)NCc2ncccn2)s1. The van der Waals surface area contributed by atoms with Gasteiger partial charge in [0.05, 0.1) is 6.54 Å². The van der Waals surface area contributed by atoms with Gasteiger partial charge in [-0.3, -0.25) is 0 Å². The first-order valence-corrected chi connectivity index (χ1v) is 6.13. The van der Waals surface area contributed by atoms with Crippen LogP contribution in [0.1, 0.15) is 28.5 Å². The topological polar surface area (TPSA) is 37.8 Å². The summed E-state index contributed by atoms with van der Waals surface area (Å²) in [6.07, 6.45) is 3.54. The summed E-state index contributed by atoms with van der Waals surface area (Å²) in [5.41, 5.74) is 0. The molecule has 0 aliphatic carbocycles. The maximum absolute atomic E-state index is 4.18. The van der Waals surface area contributed by atoms with Crippen molar-refractivity contribution in [2.24, 2.45) is 0 Å². The zero-order valence-corrected chi connectivity index (χ0v) is 10.3. The highest BCUT2D eigenvalue weighted by atomic mass is 32.1. The third-order valence-electron chi connectivity index (χ3n) is 2.37. The normalized spacial score (nSPS) is 12.6. The molecule has 2 rings (SSSR count). The molecule has 1 atom stereocenters. The Labute approximate surface area is 99.6 Å². The second-order valence-electron chi connectivity index (χ2n) is 3.72. The molecule has 0 saturated heterocycles. The second-order valence-corrected chi connectivity index (χ2v) is 5.04. The molecular formula is C12H15N3S. The van der Waals surface area contributed by atoms with Gasteiger partial charge in [0.15, 0.2) is 0 Å². The summed E-state index contributed by atoms with van der Waals surface area (Å²) in [5.74, 6) is 0.836. The Bertz CT molecular complexity index is 439. The fourth-order valence-electron chi connectivity index (χ4n) is 1.45. The molecule has 0 radical (unpaired) electrons. The summed E-state index contributed by atoms with van der Waals surface area (Å²) in [6, 6.07) is 6.50. The van der Waals surface area contributed by atoms with Crippen molar-refractivity contribution in [2.75, 3.05) is 0 Å². The molecule has 2 aromatic rings. The van der Waals surface area contributed by atoms with Gasteiger partial charge in [-0.2, -0.15) is 0 Å². The summed E-state index contributed by atoms with van der Waals surface area (Å²) >= 11 is 1.83. The van der Waals surface area contributed by atoms with Gasteiger partial charge >= 0.3 is 0 Å². The van der Waals surface area contributed by atoms with Crippen LogP contribution in [-0.2, 0) is 6.54 Å². The monoisotopic (exact) mass is 233 g/mol. The third kappa shape index (κ3) is 2.87. The van der Waals surface area contributed by atoms with Gasteiger partial charge < -0.3 is 5.32 Å². The molecule has 0 fully saturated rings. The Morgan fingerprint density at radius 1 is 1.31 bits per heavy atom. The Morgan fingerprint density at radius 2 is 2.06 bits per heavy atom. The Morgan fingerprint density at radius 3 is 2.69 bits per heavy atom. The van der Waals surface area contributed by atoms with E-state index < -0.39 is 0 Å². The van der Waals surface area contributed by atoms with Crippen LogP contribution in [0.15, 0.2) is 30.6 Å². The fourth-order valence-corrected chi connectivity index (χ4v) is 2.36. The lowest BCUT2D eigenvalue weighted by atomic mass is 10.2. The summed E-state index contributed by atoms with van der Waals surface area (Å²) in [5, 5.41) is 3.41. The van der Waals surface area contributed by atoms with Gasteiger partial charge in [0.1, 0.15) is 5.82 Å². The van der Waals surface area contributed by atoms with Gasteiger partial charge in [0.2, 0.25) is 0 Å². The molecule has 0 bridgehead atoms. The Kier molecular flexibility index (Phi) is 3.64. The van der Waals surface area contributed by atoms with E-state index in [4.69, 9.17) is 0 Å². The van der Waals surface area contributed by atoms with Crippen molar-refractivity contribution in [2.45, 2.75) is 26.4 Å². The van der Waals surface area contributed by atoms with Gasteiger partial charge in [-0.25, -0.2) is 9.97 Å². The van der Waals surface area contributed by atoms with Crippen LogP contribution in [-0.4, -0.2) is 9.97 Å². The van der Waals surface area contributed by atoms with E-state index in [2.05, 4.69) is 41.3 Å². The number of aromatic nitrogens is 2. The van der Waals surface area contributed by atoms with E-state index in [0.29, 0.717) is 12.6 Å². The molecule has 2 heterocycles. The molecule has 0 saturated carbocycles. The first-order chi connectivity index (χ1) is 7.75. The first kappa shape index (κ1) is 11.2. The van der Waals surface area contributed by atoms with Crippen molar-refractivity contribution >= 4 is 11.3 Å². The van der Waals surface area contributed by atoms with Gasteiger partial charge in [-0.15, -0.1) is 11.3 Å². The van der Waals surface area contributed by atoms with Crippen LogP contribution in [0, 0.1) is 6.92 Å². The van der Waals surface area contributed by atoms with Crippen molar-refractivity contribution in [3.8, 4) is 0 Å². The van der Waals surface area contributed by atoms with Crippen LogP contribution in [0.4, 0.5) is 0 Å². The highest BCUT2D eigenvalue weighted by Crippen LogP contribution is 2.22. The minimum atomic E-state index is 0.350. The van der Waals surface area contributed by atoms with Crippen molar-refractivity contribution in [3.05, 3.63) is 46.2 Å². The minimum Gasteiger partial charge on any atom is -0.302 e. The number of aryl methyl sites for hydroxylation is 1. The molecule has 0 aliphatic heterocycles. The smallest absolute Gasteiger partial charge is 0.141 e. The van der Waals surface area contributed by atoms with Crippen LogP contribution in [0.3, 0.4) is 0 Å². The average molecular weight is 233 g/mol. The Hall–Kier alpha value is -1.26. The van der Waals surface area contributed by atoms with Crippen molar-refractivity contribution < 1.29 is 0 Å². The fraction of sp³-hybridized carbons (Fsp3) is 0.333. The average Bonchev–Trinajstić information content (AvgIpc) is 2.74. The van der Waals surface area contributed by atoms with Crippen molar-refractivity contribution in [1.82, 2.24) is 15.3 Å². The second kappa shape index (κ2) is 5.18. The lowest BCUT2D eigenvalue weighted by molar-refractivity contribution is 0.566. The minimum absolute atomic E-state index is 0.350. The summed E-state index contributed by atoms with van der Waals surface area (Å²) in [6.45, 7) is 4.99. The molecule has 84 valence electrons. The summed E-state index contributed by atoms with van der Waals surface area (Å²) in [7, 11) is 0. The maximum Gasteiger partial charge on any atom is 0.141 e. The molecule has 0 amide bonds. The lowest BCUT2D eigenvalue weighted by Crippen LogP contribution is -2.18. The molecule has 2 aromatic heterocycles. The molecule has 0 aromatic carbocycles. The first-order valence-electron chi connectivity index (χ1n) is 5.31. The third-order valence-corrected chi connectivity index (χ3v) is 3.56. The molecule has 4 heteroatoms. The standard InChI is InChI=1S/C12H15N3S/c1-9-4-5-11(16-9)10(2)15-8-12-13-6-3-7-14-12/h3-7,10,15H,8H2,1-2H3. The number of nitrogens with one attached hydrogen (secondary N) is 1. The zero-order chi connectivity index (χ0) is 11.4. The van der Waals surface area contributed by atoms with Crippen molar-refractivity contribution in [3.63, 3.8) is 0 Å². The molecule has 16 heavy (non-hydrogen) atoms. The van der Waals surface area contributed by atoms with Crippen LogP contribution in [0.2, 0.25) is 0 Å². The van der Waals surface area contributed by atoms with E-state index in [1.165, 1.54) is 9.75 Å². The molecule has 0 aliphatic rings. The summed E-state index contributed by atoms with van der Waals surface area (Å²) < 4.78 is 0. The van der Waals surface area contributed by atoms with E-state index in [1.54, 1.807) is 12.4 Å². The summed E-state index contributed by atoms with van der Waals surface area (Å²) in [4.78, 5) is 11.1. The predicted molar refractivity (Wildman–Crippen MR) is 66.3 cm³/mol. The van der Waals surface area contributed by atoms with Gasteiger partial charge in [0.25, 0.3) is 0 Å². The van der Waals surface area contributed by atoms with Crippen LogP contribution in [0.25, 0.3) is 0 Å². The predicted octanol–water partition coefficient (Wildman–Crippen LogP) is 2.70. The quantitative estimate of drug-likeness (QED) is 0.882. The van der Waals surface area contributed by atoms with E-state index in [-0.39, 0.29) is 0 Å². The number of hydrogen-bond acceptors (Lipinski definition) is 4. The lowest BCUT2D eigenvalue weighted by Gasteiger charge is -2.10. The van der Waals surface area contributed by atoms with E-state index in [1.807, 2.05) is 17.4 Å². The molecule has 0 spiro atoms. The van der Waals surface area contributed by atoms with Gasteiger partial charge in [-0.1, -0.05) is 0 Å². The van der Waals surface area contributed by atoms with Crippen LogP contribution >= 0.6 is 11.3 Å². The van der Waals surface area contributed by atoms with E-state index in [0.717, 1.165) is 5.82 Å². The number of rotatable bonds is 4. The van der Waals surface area contributed by atoms with E-state index in [9.17, 15) is 0 Å². The van der Waals surface area contributed by atoms with Gasteiger partial charge in [-0.05, 0) is 32.0 Å². The number of nitrogens with zero attached hydrogens (tertiary/aromatic N) is 2. The highest BCUT2D eigenvalue weighted by molar-refractivity contribution is 7.12. The molecule has 1 unspecified atom stereocenters. The van der Waals surface area contributed by atoms with Crippen molar-refractivity contribution in [1.29, 1.82) is 0 Å². The van der Waals surface area contributed by atoms with Crippen LogP contribution in [0.5, 0.6) is 0 Å². The molecular weight excluding hydrogens is 218 g/mol. The Balaban J connectivity index is 1.91. The largest absolute Gasteiger partial charge is 0.302 e. The number of hydrogen-bond donors (Lipinski definition) is 1. The zero-order valence-electron chi connectivity index (χ0n) is 9.47.